The Kier molecular flexibility index (Phi) is 1.87. The molecule has 3 rings (SSSR count). The van der Waals surface area contributed by atoms with Gasteiger partial charge in [-0.15, -0.1) is 0 Å². The molecule has 2 unspecified atom stereocenters. The lowest BCUT2D eigenvalue weighted by Gasteiger charge is -2.00. The minimum absolute atomic E-state index is 0.105. The smallest absolute Gasteiger partial charge is 0.151 e. The number of carbonyl (C=O) groups is 1. The summed E-state index contributed by atoms with van der Waals surface area (Å²) in [5, 5.41) is 4.92. The summed E-state index contributed by atoms with van der Waals surface area (Å²) in [7, 11) is 1.77. The Labute approximate surface area is 91.9 Å². The van der Waals surface area contributed by atoms with Gasteiger partial charge in [-0.05, 0) is 24.0 Å². The Bertz CT molecular complexity index is 576. The van der Waals surface area contributed by atoms with E-state index in [2.05, 4.69) is 5.10 Å². The van der Waals surface area contributed by atoms with Gasteiger partial charge in [-0.1, -0.05) is 6.07 Å². The highest BCUT2D eigenvalue weighted by Gasteiger charge is 2.39. The number of aromatic nitrogens is 2. The van der Waals surface area contributed by atoms with Gasteiger partial charge in [-0.25, -0.2) is 4.39 Å². The molecule has 0 aliphatic heterocycles. The van der Waals surface area contributed by atoms with Crippen molar-refractivity contribution in [3.05, 3.63) is 29.7 Å². The fraction of sp³-hybridized carbons (Fsp3) is 0.333. The Morgan fingerprint density at radius 2 is 2.38 bits per heavy atom. The summed E-state index contributed by atoms with van der Waals surface area (Å²) in [4.78, 5) is 10.7. The lowest BCUT2D eigenvalue weighted by molar-refractivity contribution is -0.108. The summed E-state index contributed by atoms with van der Waals surface area (Å²) in [6.07, 6.45) is 3.67. The van der Waals surface area contributed by atoms with Gasteiger partial charge in [0.25, 0.3) is 0 Å². The van der Waals surface area contributed by atoms with Gasteiger partial charge in [0.2, 0.25) is 0 Å². The van der Waals surface area contributed by atoms with Crippen LogP contribution in [0.15, 0.2) is 18.3 Å². The second-order valence-electron chi connectivity index (χ2n) is 4.34. The maximum atomic E-state index is 13.5. The highest BCUT2D eigenvalue weighted by Crippen LogP contribution is 2.48. The first-order valence-corrected chi connectivity index (χ1v) is 5.27. The van der Waals surface area contributed by atoms with E-state index in [-0.39, 0.29) is 17.7 Å². The number of carbonyl (C=O) groups excluding carboxylic acids is 1. The highest BCUT2D eigenvalue weighted by atomic mass is 19.1. The number of hydrogen-bond acceptors (Lipinski definition) is 2. The van der Waals surface area contributed by atoms with Crippen LogP contribution < -0.4 is 0 Å². The summed E-state index contributed by atoms with van der Waals surface area (Å²) < 4.78 is 15.1. The minimum Gasteiger partial charge on any atom is -0.303 e. The number of fused-ring (bicyclic) bond motifs is 1. The highest BCUT2D eigenvalue weighted by molar-refractivity contribution is 5.84. The van der Waals surface area contributed by atoms with Crippen molar-refractivity contribution in [2.75, 3.05) is 0 Å². The fourth-order valence-electron chi connectivity index (χ4n) is 2.25. The third kappa shape index (κ3) is 1.26. The maximum absolute atomic E-state index is 13.5. The van der Waals surface area contributed by atoms with E-state index in [4.69, 9.17) is 0 Å². The molecule has 3 nitrogen and oxygen atoms in total. The van der Waals surface area contributed by atoms with Crippen molar-refractivity contribution in [2.45, 2.75) is 12.3 Å². The third-order valence-electron chi connectivity index (χ3n) is 3.19. The van der Waals surface area contributed by atoms with Crippen molar-refractivity contribution in [1.29, 1.82) is 0 Å². The van der Waals surface area contributed by atoms with Crippen molar-refractivity contribution in [3.8, 4) is 0 Å². The monoisotopic (exact) mass is 218 g/mol. The molecule has 2 atom stereocenters. The molecule has 1 aliphatic carbocycles. The van der Waals surface area contributed by atoms with E-state index in [0.29, 0.717) is 5.52 Å². The first-order valence-electron chi connectivity index (χ1n) is 5.27. The summed E-state index contributed by atoms with van der Waals surface area (Å²) in [5.41, 5.74) is 1.44. The molecule has 0 bridgehead atoms. The molecule has 4 heteroatoms. The molecular weight excluding hydrogens is 207 g/mol. The molecule has 0 saturated heterocycles. The summed E-state index contributed by atoms with van der Waals surface area (Å²) in [6, 6.07) is 3.21. The van der Waals surface area contributed by atoms with Crippen LogP contribution in [-0.2, 0) is 11.8 Å². The van der Waals surface area contributed by atoms with Crippen LogP contribution in [0, 0.1) is 11.7 Å². The van der Waals surface area contributed by atoms with Crippen molar-refractivity contribution in [2.24, 2.45) is 13.0 Å². The SMILES string of the molecule is Cn1cc2c(C3CC3C=O)ccc(F)c2n1. The average Bonchev–Trinajstić information content (AvgIpc) is 2.93. The molecular formula is C12H11FN2O. The molecule has 0 spiro atoms. The largest absolute Gasteiger partial charge is 0.303 e. The van der Waals surface area contributed by atoms with Gasteiger partial charge < -0.3 is 4.79 Å². The van der Waals surface area contributed by atoms with Crippen molar-refractivity contribution in [3.63, 3.8) is 0 Å². The fourth-order valence-corrected chi connectivity index (χ4v) is 2.25. The standard InChI is InChI=1S/C12H11FN2O/c1-15-5-10-8(9-4-7(9)6-16)2-3-11(13)12(10)14-15/h2-3,5-7,9H,4H2,1H3. The van der Waals surface area contributed by atoms with E-state index in [1.807, 2.05) is 6.20 Å². The zero-order valence-corrected chi connectivity index (χ0v) is 8.85. The number of aldehydes is 1. The van der Waals surface area contributed by atoms with E-state index in [9.17, 15) is 9.18 Å². The predicted octanol–water partition coefficient (Wildman–Crippen LogP) is 2.01. The molecule has 1 aliphatic rings. The van der Waals surface area contributed by atoms with Crippen LogP contribution in [-0.4, -0.2) is 16.1 Å². The first kappa shape index (κ1) is 9.51. The van der Waals surface area contributed by atoms with Crippen LogP contribution in [0.5, 0.6) is 0 Å². The van der Waals surface area contributed by atoms with Gasteiger partial charge in [0, 0.05) is 24.5 Å². The molecule has 0 amide bonds. The molecule has 1 heterocycles. The molecule has 1 fully saturated rings. The normalized spacial score (nSPS) is 23.6. The predicted molar refractivity (Wildman–Crippen MR) is 57.6 cm³/mol. The van der Waals surface area contributed by atoms with Crippen LogP contribution in [0.4, 0.5) is 4.39 Å². The number of rotatable bonds is 2. The topological polar surface area (TPSA) is 34.9 Å². The second kappa shape index (κ2) is 3.14. The molecule has 1 aromatic carbocycles. The molecule has 1 aromatic heterocycles. The van der Waals surface area contributed by atoms with Crippen LogP contribution in [0.1, 0.15) is 17.9 Å². The van der Waals surface area contributed by atoms with Gasteiger partial charge in [0.1, 0.15) is 11.8 Å². The summed E-state index contributed by atoms with van der Waals surface area (Å²) in [5.74, 6) is 0.0568. The second-order valence-corrected chi connectivity index (χ2v) is 4.34. The van der Waals surface area contributed by atoms with Gasteiger partial charge in [0.15, 0.2) is 5.82 Å². The van der Waals surface area contributed by atoms with E-state index < -0.39 is 0 Å². The Morgan fingerprint density at radius 1 is 1.56 bits per heavy atom. The number of aryl methyl sites for hydroxylation is 1. The van der Waals surface area contributed by atoms with E-state index in [1.165, 1.54) is 6.07 Å². The van der Waals surface area contributed by atoms with Crippen molar-refractivity contribution in [1.82, 2.24) is 9.78 Å². The molecule has 2 aromatic rings. The van der Waals surface area contributed by atoms with Crippen molar-refractivity contribution >= 4 is 17.2 Å². The lowest BCUT2D eigenvalue weighted by Crippen LogP contribution is -1.88. The lowest BCUT2D eigenvalue weighted by atomic mass is 10.0. The van der Waals surface area contributed by atoms with Crippen LogP contribution in [0.2, 0.25) is 0 Å². The molecule has 16 heavy (non-hydrogen) atoms. The van der Waals surface area contributed by atoms with Crippen LogP contribution in [0.3, 0.4) is 0 Å². The zero-order valence-electron chi connectivity index (χ0n) is 8.85. The van der Waals surface area contributed by atoms with Gasteiger partial charge in [-0.3, -0.25) is 4.68 Å². The van der Waals surface area contributed by atoms with Crippen LogP contribution >= 0.6 is 0 Å². The molecule has 82 valence electrons. The number of nitrogens with zero attached hydrogens (tertiary/aromatic N) is 2. The first-order chi connectivity index (χ1) is 7.70. The van der Waals surface area contributed by atoms with Gasteiger partial charge >= 0.3 is 0 Å². The van der Waals surface area contributed by atoms with Gasteiger partial charge in [0.05, 0.1) is 0 Å². The number of benzene rings is 1. The number of halogens is 1. The van der Waals surface area contributed by atoms with E-state index >= 15 is 0 Å². The van der Waals surface area contributed by atoms with E-state index in [0.717, 1.165) is 23.7 Å². The van der Waals surface area contributed by atoms with Crippen molar-refractivity contribution < 1.29 is 9.18 Å². The van der Waals surface area contributed by atoms with Crippen LogP contribution in [0.25, 0.3) is 10.9 Å². The summed E-state index contributed by atoms with van der Waals surface area (Å²) in [6.45, 7) is 0. The maximum Gasteiger partial charge on any atom is 0.151 e. The Balaban J connectivity index is 2.18. The summed E-state index contributed by atoms with van der Waals surface area (Å²) >= 11 is 0. The van der Waals surface area contributed by atoms with Gasteiger partial charge in [-0.2, -0.15) is 5.10 Å². The molecule has 0 radical (unpaired) electrons. The van der Waals surface area contributed by atoms with E-state index in [1.54, 1.807) is 17.8 Å². The number of hydrogen-bond donors (Lipinski definition) is 0. The Morgan fingerprint density at radius 3 is 3.06 bits per heavy atom. The molecule has 1 saturated carbocycles. The quantitative estimate of drug-likeness (QED) is 0.723. The minimum atomic E-state index is -0.303. The average molecular weight is 218 g/mol. The molecule has 0 N–H and O–H groups in total. The Hall–Kier alpha value is -1.71. The zero-order chi connectivity index (χ0) is 11.3. The third-order valence-corrected chi connectivity index (χ3v) is 3.19.